The zero-order valence-electron chi connectivity index (χ0n) is 17.1. The van der Waals surface area contributed by atoms with Gasteiger partial charge in [0, 0.05) is 31.3 Å². The van der Waals surface area contributed by atoms with E-state index in [2.05, 4.69) is 15.6 Å². The number of amides is 2. The Labute approximate surface area is 180 Å². The van der Waals surface area contributed by atoms with E-state index < -0.39 is 53.9 Å². The number of nitrogens with zero attached hydrogens (tertiary/aromatic N) is 4. The highest BCUT2D eigenvalue weighted by molar-refractivity contribution is 5.93. The molecule has 32 heavy (non-hydrogen) atoms. The second-order valence-electron chi connectivity index (χ2n) is 8.05. The van der Waals surface area contributed by atoms with Crippen LogP contribution in [0.2, 0.25) is 0 Å². The molecule has 1 aromatic carbocycles. The average Bonchev–Trinajstić information content (AvgIpc) is 3.36. The molecule has 0 unspecified atom stereocenters. The Kier molecular flexibility index (Phi) is 6.02. The highest BCUT2D eigenvalue weighted by Crippen LogP contribution is 2.38. The third-order valence-corrected chi connectivity index (χ3v) is 5.52. The van der Waals surface area contributed by atoms with Gasteiger partial charge in [-0.3, -0.25) is 9.59 Å². The molecule has 2 atom stereocenters. The second kappa shape index (κ2) is 8.75. The standard InChI is InChI=1S/C20H21F4N5O3/c1-10-7-28(16(30)9-32-14-5-11(21)4-12(22)6-14)8-15(10)25-20(31)17-18(19(23)24)29(27-26-17)13-2-3-13/h4-6,10,13,15,19H,2-3,7-9H2,1H3,(H,25,31)/t10-,15+/m1/s1. The lowest BCUT2D eigenvalue weighted by Gasteiger charge is -2.17. The molecule has 2 aromatic rings. The summed E-state index contributed by atoms with van der Waals surface area (Å²) in [6, 6.07) is 1.96. The average molecular weight is 455 g/mol. The lowest BCUT2D eigenvalue weighted by atomic mass is 10.1. The van der Waals surface area contributed by atoms with Crippen molar-refractivity contribution < 1.29 is 31.9 Å². The SMILES string of the molecule is C[C@@H]1CN(C(=O)COc2cc(F)cc(F)c2)C[C@@H]1NC(=O)c1nnn(C2CC2)c1C(F)F. The van der Waals surface area contributed by atoms with Crippen molar-refractivity contribution in [2.75, 3.05) is 19.7 Å². The fourth-order valence-corrected chi connectivity index (χ4v) is 3.70. The molecule has 1 aromatic heterocycles. The van der Waals surface area contributed by atoms with Crippen LogP contribution in [-0.2, 0) is 4.79 Å². The first-order valence-electron chi connectivity index (χ1n) is 10.1. The molecule has 4 rings (SSSR count). The van der Waals surface area contributed by atoms with Gasteiger partial charge in [-0.25, -0.2) is 22.2 Å². The second-order valence-corrected chi connectivity index (χ2v) is 8.05. The lowest BCUT2D eigenvalue weighted by Crippen LogP contribution is -2.41. The molecule has 172 valence electrons. The molecule has 12 heteroatoms. The van der Waals surface area contributed by atoms with Gasteiger partial charge in [0.1, 0.15) is 23.1 Å². The maximum Gasteiger partial charge on any atom is 0.282 e. The van der Waals surface area contributed by atoms with Gasteiger partial charge in [-0.2, -0.15) is 0 Å². The van der Waals surface area contributed by atoms with Gasteiger partial charge in [-0.15, -0.1) is 5.10 Å². The van der Waals surface area contributed by atoms with Crippen LogP contribution >= 0.6 is 0 Å². The number of rotatable bonds is 7. The summed E-state index contributed by atoms with van der Waals surface area (Å²) in [5.74, 6) is -3.15. The van der Waals surface area contributed by atoms with Crippen LogP contribution in [-0.4, -0.2) is 57.4 Å². The number of likely N-dealkylation sites (tertiary alicyclic amines) is 1. The van der Waals surface area contributed by atoms with Crippen molar-refractivity contribution in [3.8, 4) is 5.75 Å². The number of carbonyl (C=O) groups excluding carboxylic acids is 2. The highest BCUT2D eigenvalue weighted by atomic mass is 19.3. The van der Waals surface area contributed by atoms with E-state index in [1.807, 2.05) is 0 Å². The molecule has 2 fully saturated rings. The Morgan fingerprint density at radius 2 is 1.88 bits per heavy atom. The van der Waals surface area contributed by atoms with Crippen LogP contribution in [0.4, 0.5) is 17.6 Å². The molecule has 1 aliphatic carbocycles. The van der Waals surface area contributed by atoms with Crippen LogP contribution in [0.1, 0.15) is 48.4 Å². The van der Waals surface area contributed by atoms with Crippen LogP contribution in [0.5, 0.6) is 5.75 Å². The van der Waals surface area contributed by atoms with Gasteiger partial charge in [-0.1, -0.05) is 12.1 Å². The molecule has 2 amide bonds. The quantitative estimate of drug-likeness (QED) is 0.648. The van der Waals surface area contributed by atoms with E-state index in [0.29, 0.717) is 25.5 Å². The van der Waals surface area contributed by atoms with Crippen molar-refractivity contribution in [2.24, 2.45) is 5.92 Å². The number of hydrogen-bond donors (Lipinski definition) is 1. The number of hydrogen-bond acceptors (Lipinski definition) is 5. The molecule has 2 aliphatic rings. The van der Waals surface area contributed by atoms with E-state index in [9.17, 15) is 27.2 Å². The molecule has 1 N–H and O–H groups in total. The topological polar surface area (TPSA) is 89.3 Å². The molecule has 0 radical (unpaired) electrons. The van der Waals surface area contributed by atoms with Gasteiger partial charge in [0.2, 0.25) is 0 Å². The third-order valence-electron chi connectivity index (χ3n) is 5.52. The highest BCUT2D eigenvalue weighted by Gasteiger charge is 2.37. The molecule has 1 saturated heterocycles. The van der Waals surface area contributed by atoms with E-state index in [1.165, 1.54) is 4.90 Å². The zero-order chi connectivity index (χ0) is 23.0. The fourth-order valence-electron chi connectivity index (χ4n) is 3.70. The molecular weight excluding hydrogens is 434 g/mol. The zero-order valence-corrected chi connectivity index (χ0v) is 17.1. The van der Waals surface area contributed by atoms with Crippen molar-refractivity contribution in [2.45, 2.75) is 38.3 Å². The first-order valence-corrected chi connectivity index (χ1v) is 10.1. The minimum atomic E-state index is -2.89. The summed E-state index contributed by atoms with van der Waals surface area (Å²) in [7, 11) is 0. The van der Waals surface area contributed by atoms with E-state index in [-0.39, 0.29) is 24.3 Å². The monoisotopic (exact) mass is 455 g/mol. The summed E-state index contributed by atoms with van der Waals surface area (Å²) in [4.78, 5) is 26.5. The van der Waals surface area contributed by atoms with Crippen LogP contribution in [0.3, 0.4) is 0 Å². The Morgan fingerprint density at radius 1 is 1.19 bits per heavy atom. The minimum Gasteiger partial charge on any atom is -0.484 e. The van der Waals surface area contributed by atoms with E-state index in [4.69, 9.17) is 4.74 Å². The van der Waals surface area contributed by atoms with Crippen LogP contribution < -0.4 is 10.1 Å². The third kappa shape index (κ3) is 4.68. The predicted octanol–water partition coefficient (Wildman–Crippen LogP) is 2.48. The number of aromatic nitrogens is 3. The van der Waals surface area contributed by atoms with E-state index in [0.717, 1.165) is 16.8 Å². The van der Waals surface area contributed by atoms with Crippen molar-refractivity contribution >= 4 is 11.8 Å². The smallest absolute Gasteiger partial charge is 0.282 e. The summed E-state index contributed by atoms with van der Waals surface area (Å²) in [6.07, 6.45) is -1.47. The van der Waals surface area contributed by atoms with E-state index in [1.54, 1.807) is 6.92 Å². The van der Waals surface area contributed by atoms with Crippen molar-refractivity contribution in [3.05, 3.63) is 41.2 Å². The number of benzene rings is 1. The predicted molar refractivity (Wildman–Crippen MR) is 102 cm³/mol. The van der Waals surface area contributed by atoms with Crippen LogP contribution in [0.15, 0.2) is 18.2 Å². The number of nitrogens with one attached hydrogen (secondary N) is 1. The minimum absolute atomic E-state index is 0.119. The van der Waals surface area contributed by atoms with Gasteiger partial charge in [0.25, 0.3) is 18.2 Å². The molecular formula is C20H21F4N5O3. The van der Waals surface area contributed by atoms with Crippen LogP contribution in [0, 0.1) is 17.6 Å². The Bertz CT molecular complexity index is 1010. The van der Waals surface area contributed by atoms with Crippen molar-refractivity contribution in [1.29, 1.82) is 0 Å². The van der Waals surface area contributed by atoms with Crippen LogP contribution in [0.25, 0.3) is 0 Å². The molecule has 2 heterocycles. The van der Waals surface area contributed by atoms with Crippen molar-refractivity contribution in [1.82, 2.24) is 25.2 Å². The number of carbonyl (C=O) groups is 2. The molecule has 1 aliphatic heterocycles. The lowest BCUT2D eigenvalue weighted by molar-refractivity contribution is -0.132. The summed E-state index contributed by atoms with van der Waals surface area (Å²) >= 11 is 0. The largest absolute Gasteiger partial charge is 0.484 e. The normalized spacial score (nSPS) is 20.6. The van der Waals surface area contributed by atoms with Gasteiger partial charge >= 0.3 is 0 Å². The summed E-state index contributed by atoms with van der Waals surface area (Å²) in [5.41, 5.74) is -0.917. The van der Waals surface area contributed by atoms with Gasteiger partial charge in [0.15, 0.2) is 12.3 Å². The maximum atomic E-state index is 13.5. The Balaban J connectivity index is 1.36. The fraction of sp³-hybridized carbons (Fsp3) is 0.500. The first kappa shape index (κ1) is 22.0. The molecule has 1 saturated carbocycles. The van der Waals surface area contributed by atoms with E-state index >= 15 is 0 Å². The maximum absolute atomic E-state index is 13.5. The molecule has 0 bridgehead atoms. The molecule has 0 spiro atoms. The summed E-state index contributed by atoms with van der Waals surface area (Å²) < 4.78 is 59.8. The summed E-state index contributed by atoms with van der Waals surface area (Å²) in [5, 5.41) is 10.0. The van der Waals surface area contributed by atoms with Crippen molar-refractivity contribution in [3.63, 3.8) is 0 Å². The Morgan fingerprint density at radius 3 is 2.50 bits per heavy atom. The van der Waals surface area contributed by atoms with Gasteiger partial charge < -0.3 is 15.0 Å². The number of ether oxygens (including phenoxy) is 1. The number of alkyl halides is 2. The summed E-state index contributed by atoms with van der Waals surface area (Å²) in [6.45, 7) is 1.78. The Hall–Kier alpha value is -3.18. The number of halogens is 4. The van der Waals surface area contributed by atoms with Gasteiger partial charge in [-0.05, 0) is 18.8 Å². The van der Waals surface area contributed by atoms with Gasteiger partial charge in [0.05, 0.1) is 12.1 Å². The first-order chi connectivity index (χ1) is 15.2. The molecule has 8 nitrogen and oxygen atoms in total.